The molecule has 2 N–H and O–H groups in total. The van der Waals surface area contributed by atoms with Crippen LogP contribution in [0, 0.1) is 5.92 Å². The van der Waals surface area contributed by atoms with E-state index in [1.165, 1.54) is 12.1 Å². The summed E-state index contributed by atoms with van der Waals surface area (Å²) in [5.41, 5.74) is 7.38. The molecule has 2 heterocycles. The topological polar surface area (TPSA) is 47.1 Å². The van der Waals surface area contributed by atoms with Crippen molar-refractivity contribution in [1.29, 1.82) is 0 Å². The average molecular weight is 278 g/mol. The molecule has 4 nitrogen and oxygen atoms in total. The molecule has 2 unspecified atom stereocenters. The van der Waals surface area contributed by atoms with Gasteiger partial charge in [0.05, 0.1) is 11.7 Å². The molecule has 0 amide bonds. The average Bonchev–Trinajstić information content (AvgIpc) is 2.91. The molecule has 1 aromatic heterocycles. The van der Waals surface area contributed by atoms with Crippen molar-refractivity contribution in [2.75, 3.05) is 13.1 Å². The zero-order valence-corrected chi connectivity index (χ0v) is 13.3. The molecule has 2 rings (SSSR count). The highest BCUT2D eigenvalue weighted by atomic mass is 15.3. The molecule has 0 radical (unpaired) electrons. The number of rotatable bonds is 6. The molecule has 2 atom stereocenters. The second-order valence-electron chi connectivity index (χ2n) is 6.11. The van der Waals surface area contributed by atoms with E-state index in [2.05, 4.69) is 42.6 Å². The third-order valence-electron chi connectivity index (χ3n) is 4.77. The summed E-state index contributed by atoms with van der Waals surface area (Å²) in [7, 11) is 0. The van der Waals surface area contributed by atoms with Gasteiger partial charge in [-0.15, -0.1) is 0 Å². The smallest absolute Gasteiger partial charge is 0.0764 e. The van der Waals surface area contributed by atoms with Gasteiger partial charge in [-0.3, -0.25) is 9.58 Å². The molecule has 1 aliphatic rings. The van der Waals surface area contributed by atoms with E-state index in [1.807, 2.05) is 0 Å². The van der Waals surface area contributed by atoms with E-state index < -0.39 is 0 Å². The van der Waals surface area contributed by atoms with Crippen molar-refractivity contribution in [2.45, 2.75) is 65.1 Å². The monoisotopic (exact) mass is 278 g/mol. The van der Waals surface area contributed by atoms with Crippen LogP contribution in [0.5, 0.6) is 0 Å². The Morgan fingerprint density at radius 3 is 2.75 bits per heavy atom. The molecule has 20 heavy (non-hydrogen) atoms. The lowest BCUT2D eigenvalue weighted by Gasteiger charge is -2.36. The van der Waals surface area contributed by atoms with Crippen LogP contribution in [0.1, 0.15) is 58.2 Å². The first-order valence-corrected chi connectivity index (χ1v) is 8.19. The van der Waals surface area contributed by atoms with Crippen LogP contribution in [-0.4, -0.2) is 33.8 Å². The molecule has 1 aliphatic heterocycles. The molecule has 1 aromatic rings. The molecule has 0 spiro atoms. The summed E-state index contributed by atoms with van der Waals surface area (Å²) in [5, 5.41) is 4.76. The van der Waals surface area contributed by atoms with Crippen LogP contribution < -0.4 is 5.73 Å². The first-order valence-electron chi connectivity index (χ1n) is 8.19. The molecule has 0 bridgehead atoms. The van der Waals surface area contributed by atoms with E-state index in [4.69, 9.17) is 10.8 Å². The second kappa shape index (κ2) is 7.23. The number of nitrogens with zero attached hydrogens (tertiary/aromatic N) is 3. The van der Waals surface area contributed by atoms with Gasteiger partial charge in [-0.25, -0.2) is 0 Å². The van der Waals surface area contributed by atoms with E-state index in [1.54, 1.807) is 0 Å². The van der Waals surface area contributed by atoms with Gasteiger partial charge in [0.1, 0.15) is 0 Å². The second-order valence-corrected chi connectivity index (χ2v) is 6.11. The number of nitrogens with two attached hydrogens (primary N) is 1. The van der Waals surface area contributed by atoms with Crippen molar-refractivity contribution < 1.29 is 0 Å². The number of piperidine rings is 1. The lowest BCUT2D eigenvalue weighted by Crippen LogP contribution is -2.46. The van der Waals surface area contributed by atoms with Crippen molar-refractivity contribution in [2.24, 2.45) is 11.7 Å². The van der Waals surface area contributed by atoms with Gasteiger partial charge in [-0.2, -0.15) is 5.10 Å². The first kappa shape index (κ1) is 15.5. The third kappa shape index (κ3) is 3.61. The maximum absolute atomic E-state index is 6.18. The Kier molecular flexibility index (Phi) is 5.61. The predicted octanol–water partition coefficient (Wildman–Crippen LogP) is 2.80. The number of aromatic nitrogens is 2. The van der Waals surface area contributed by atoms with E-state index >= 15 is 0 Å². The highest BCUT2D eigenvalue weighted by Gasteiger charge is 2.25. The molecule has 4 heteroatoms. The maximum Gasteiger partial charge on any atom is 0.0764 e. The normalized spacial score (nSPS) is 24.4. The van der Waals surface area contributed by atoms with Crippen molar-refractivity contribution in [1.82, 2.24) is 14.7 Å². The lowest BCUT2D eigenvalue weighted by atomic mass is 9.91. The largest absolute Gasteiger partial charge is 0.327 e. The van der Waals surface area contributed by atoms with Gasteiger partial charge in [-0.1, -0.05) is 27.2 Å². The van der Waals surface area contributed by atoms with E-state index in [0.29, 0.717) is 18.0 Å². The minimum absolute atomic E-state index is 0.387. The molecule has 1 saturated heterocycles. The summed E-state index contributed by atoms with van der Waals surface area (Å²) in [5.74, 6) is 0.643. The van der Waals surface area contributed by atoms with Crippen LogP contribution in [0.25, 0.3) is 0 Å². The molecule has 114 valence electrons. The summed E-state index contributed by atoms with van der Waals surface area (Å²) in [6.07, 6.45) is 6.73. The Labute approximate surface area is 123 Å². The third-order valence-corrected chi connectivity index (χ3v) is 4.77. The van der Waals surface area contributed by atoms with Gasteiger partial charge < -0.3 is 5.73 Å². The van der Waals surface area contributed by atoms with Gasteiger partial charge in [0.15, 0.2) is 0 Å². The number of likely N-dealkylation sites (tertiary alicyclic amines) is 1. The van der Waals surface area contributed by atoms with Crippen LogP contribution in [0.3, 0.4) is 0 Å². The van der Waals surface area contributed by atoms with Gasteiger partial charge in [0, 0.05) is 31.9 Å². The van der Waals surface area contributed by atoms with Crippen molar-refractivity contribution >= 4 is 0 Å². The highest BCUT2D eigenvalue weighted by molar-refractivity contribution is 5.00. The molecule has 0 aliphatic carbocycles. The molecule has 1 fully saturated rings. The molecule has 0 saturated carbocycles. The van der Waals surface area contributed by atoms with E-state index in [9.17, 15) is 0 Å². The minimum Gasteiger partial charge on any atom is -0.327 e. The standard InChI is InChI=1S/C16H30N4/c1-4-13-11-19(9-8-16(13)17)12-14-7-10-20(18-14)15(5-2)6-3/h7,10,13,15-16H,4-6,8-9,11-12,17H2,1-3H3. The SMILES string of the molecule is CCC1CN(Cc2ccn(C(CC)CC)n2)CCC1N. The van der Waals surface area contributed by atoms with Crippen LogP contribution in [0.4, 0.5) is 0 Å². The van der Waals surface area contributed by atoms with Crippen molar-refractivity contribution in [3.63, 3.8) is 0 Å². The summed E-state index contributed by atoms with van der Waals surface area (Å²) in [6.45, 7) is 9.90. The Morgan fingerprint density at radius 1 is 1.35 bits per heavy atom. The summed E-state index contributed by atoms with van der Waals surface area (Å²) < 4.78 is 2.14. The zero-order chi connectivity index (χ0) is 14.5. The minimum atomic E-state index is 0.387. The van der Waals surface area contributed by atoms with E-state index in [0.717, 1.165) is 38.9 Å². The summed E-state index contributed by atoms with van der Waals surface area (Å²) >= 11 is 0. The van der Waals surface area contributed by atoms with Gasteiger partial charge in [-0.05, 0) is 31.2 Å². The Balaban J connectivity index is 1.93. The Hall–Kier alpha value is -0.870. The van der Waals surface area contributed by atoms with E-state index in [-0.39, 0.29) is 0 Å². The van der Waals surface area contributed by atoms with Crippen LogP contribution in [-0.2, 0) is 6.54 Å². The fourth-order valence-electron chi connectivity index (χ4n) is 3.26. The predicted molar refractivity (Wildman–Crippen MR) is 83.5 cm³/mol. The maximum atomic E-state index is 6.18. The van der Waals surface area contributed by atoms with Crippen LogP contribution >= 0.6 is 0 Å². The van der Waals surface area contributed by atoms with Gasteiger partial charge >= 0.3 is 0 Å². The number of hydrogen-bond acceptors (Lipinski definition) is 3. The molecular weight excluding hydrogens is 248 g/mol. The van der Waals surface area contributed by atoms with Crippen LogP contribution in [0.15, 0.2) is 12.3 Å². The first-order chi connectivity index (χ1) is 9.67. The quantitative estimate of drug-likeness (QED) is 0.870. The fourth-order valence-corrected chi connectivity index (χ4v) is 3.26. The summed E-state index contributed by atoms with van der Waals surface area (Å²) in [4.78, 5) is 2.51. The highest BCUT2D eigenvalue weighted by Crippen LogP contribution is 2.20. The van der Waals surface area contributed by atoms with Crippen molar-refractivity contribution in [3.05, 3.63) is 18.0 Å². The van der Waals surface area contributed by atoms with Gasteiger partial charge in [0.25, 0.3) is 0 Å². The summed E-state index contributed by atoms with van der Waals surface area (Å²) in [6, 6.07) is 3.11. The molecule has 0 aromatic carbocycles. The number of hydrogen-bond donors (Lipinski definition) is 1. The van der Waals surface area contributed by atoms with Crippen LogP contribution in [0.2, 0.25) is 0 Å². The van der Waals surface area contributed by atoms with Gasteiger partial charge in [0.2, 0.25) is 0 Å². The Bertz CT molecular complexity index is 397. The zero-order valence-electron chi connectivity index (χ0n) is 13.3. The lowest BCUT2D eigenvalue weighted by molar-refractivity contribution is 0.143. The fraction of sp³-hybridized carbons (Fsp3) is 0.812. The molecular formula is C16H30N4. The van der Waals surface area contributed by atoms with Crippen molar-refractivity contribution in [3.8, 4) is 0 Å². The Morgan fingerprint density at radius 2 is 2.10 bits per heavy atom.